The van der Waals surface area contributed by atoms with Gasteiger partial charge in [0.2, 0.25) is 11.7 Å². The molecule has 2 atom stereocenters. The Morgan fingerprint density at radius 1 is 1.34 bits per heavy atom. The zero-order valence-corrected chi connectivity index (χ0v) is 16.9. The highest BCUT2D eigenvalue weighted by atomic mass is 35.5. The topological polar surface area (TPSA) is 87.5 Å². The van der Waals surface area contributed by atoms with E-state index in [0.29, 0.717) is 41.2 Å². The SMILES string of the molecule is CCC(C)n1c(=O)c2c(-c3noc(C4CCOC4)n3)ncn2c2ccc(Cl)cc21. The van der Waals surface area contributed by atoms with E-state index < -0.39 is 0 Å². The van der Waals surface area contributed by atoms with E-state index in [2.05, 4.69) is 15.1 Å². The molecule has 0 spiro atoms. The van der Waals surface area contributed by atoms with Gasteiger partial charge in [-0.2, -0.15) is 4.98 Å². The van der Waals surface area contributed by atoms with E-state index in [1.165, 1.54) is 0 Å². The predicted octanol–water partition coefficient (Wildman–Crippen LogP) is 3.83. The molecule has 1 saturated heterocycles. The third-order valence-electron chi connectivity index (χ3n) is 5.61. The Bertz CT molecular complexity index is 1270. The van der Waals surface area contributed by atoms with Crippen LogP contribution >= 0.6 is 11.6 Å². The molecule has 0 N–H and O–H groups in total. The summed E-state index contributed by atoms with van der Waals surface area (Å²) in [6.45, 7) is 5.31. The van der Waals surface area contributed by atoms with Crippen molar-refractivity contribution in [2.45, 2.75) is 38.6 Å². The Morgan fingerprint density at radius 3 is 2.97 bits per heavy atom. The highest BCUT2D eigenvalue weighted by Gasteiger charge is 2.26. The van der Waals surface area contributed by atoms with E-state index in [0.717, 1.165) is 23.9 Å². The number of rotatable bonds is 4. The molecule has 1 aliphatic heterocycles. The fourth-order valence-electron chi connectivity index (χ4n) is 3.86. The molecule has 0 amide bonds. The van der Waals surface area contributed by atoms with Gasteiger partial charge in [-0.3, -0.25) is 9.20 Å². The summed E-state index contributed by atoms with van der Waals surface area (Å²) in [5.41, 5.74) is 2.30. The lowest BCUT2D eigenvalue weighted by Gasteiger charge is -2.18. The van der Waals surface area contributed by atoms with Crippen molar-refractivity contribution in [3.05, 3.63) is 45.8 Å². The zero-order valence-electron chi connectivity index (χ0n) is 16.1. The molecule has 0 saturated carbocycles. The largest absolute Gasteiger partial charge is 0.381 e. The third kappa shape index (κ3) is 2.86. The van der Waals surface area contributed by atoms with Gasteiger partial charge in [0.25, 0.3) is 5.56 Å². The lowest BCUT2D eigenvalue weighted by Crippen LogP contribution is -2.25. The fraction of sp³-hybridized carbons (Fsp3) is 0.400. The average molecular weight is 414 g/mol. The van der Waals surface area contributed by atoms with Crippen molar-refractivity contribution in [1.82, 2.24) is 24.1 Å². The number of hydrogen-bond donors (Lipinski definition) is 0. The molecule has 29 heavy (non-hydrogen) atoms. The molecular weight excluding hydrogens is 394 g/mol. The van der Waals surface area contributed by atoms with Crippen molar-refractivity contribution < 1.29 is 9.26 Å². The van der Waals surface area contributed by atoms with Gasteiger partial charge in [-0.05, 0) is 38.0 Å². The molecule has 1 aliphatic rings. The number of imidazole rings is 1. The Morgan fingerprint density at radius 2 is 2.21 bits per heavy atom. The Labute approximate surface area is 171 Å². The first kappa shape index (κ1) is 18.3. The normalized spacial score (nSPS) is 18.1. The highest BCUT2D eigenvalue weighted by Crippen LogP contribution is 2.29. The predicted molar refractivity (Wildman–Crippen MR) is 108 cm³/mol. The molecule has 3 aromatic heterocycles. The monoisotopic (exact) mass is 413 g/mol. The summed E-state index contributed by atoms with van der Waals surface area (Å²) in [5, 5.41) is 4.68. The van der Waals surface area contributed by atoms with Crippen LogP contribution in [-0.4, -0.2) is 37.3 Å². The average Bonchev–Trinajstić information content (AvgIpc) is 3.46. The van der Waals surface area contributed by atoms with Gasteiger partial charge in [-0.15, -0.1) is 0 Å². The number of fused-ring (bicyclic) bond motifs is 3. The lowest BCUT2D eigenvalue weighted by molar-refractivity contribution is 0.189. The summed E-state index contributed by atoms with van der Waals surface area (Å²) < 4.78 is 14.4. The molecule has 5 rings (SSSR count). The number of benzene rings is 1. The molecule has 1 aromatic carbocycles. The summed E-state index contributed by atoms with van der Waals surface area (Å²) in [4.78, 5) is 22.5. The number of halogens is 1. The number of nitrogens with zero attached hydrogens (tertiary/aromatic N) is 5. The molecular formula is C20H20ClN5O3. The van der Waals surface area contributed by atoms with Crippen LogP contribution in [0.25, 0.3) is 28.1 Å². The summed E-state index contributed by atoms with van der Waals surface area (Å²) in [7, 11) is 0. The van der Waals surface area contributed by atoms with Gasteiger partial charge in [-0.25, -0.2) is 4.98 Å². The maximum absolute atomic E-state index is 13.5. The van der Waals surface area contributed by atoms with E-state index in [1.807, 2.05) is 26.0 Å². The van der Waals surface area contributed by atoms with Gasteiger partial charge in [0.15, 0.2) is 0 Å². The molecule has 4 heterocycles. The Hall–Kier alpha value is -2.71. The minimum atomic E-state index is -0.155. The second-order valence-corrected chi connectivity index (χ2v) is 7.83. The van der Waals surface area contributed by atoms with Gasteiger partial charge in [0.05, 0.1) is 23.6 Å². The van der Waals surface area contributed by atoms with E-state index in [1.54, 1.807) is 21.4 Å². The molecule has 0 bridgehead atoms. The van der Waals surface area contributed by atoms with Gasteiger partial charge in [0.1, 0.15) is 17.5 Å². The summed E-state index contributed by atoms with van der Waals surface area (Å²) in [5.74, 6) is 0.925. The van der Waals surface area contributed by atoms with Crippen LogP contribution in [0, 0.1) is 0 Å². The Balaban J connectivity index is 1.77. The van der Waals surface area contributed by atoms with Crippen molar-refractivity contribution in [1.29, 1.82) is 0 Å². The minimum Gasteiger partial charge on any atom is -0.381 e. The van der Waals surface area contributed by atoms with E-state index in [9.17, 15) is 4.79 Å². The molecule has 8 nitrogen and oxygen atoms in total. The smallest absolute Gasteiger partial charge is 0.278 e. The Kier molecular flexibility index (Phi) is 4.40. The summed E-state index contributed by atoms with van der Waals surface area (Å²) in [6.07, 6.45) is 3.27. The molecule has 150 valence electrons. The quantitative estimate of drug-likeness (QED) is 0.505. The first-order valence-electron chi connectivity index (χ1n) is 9.71. The van der Waals surface area contributed by atoms with E-state index in [4.69, 9.17) is 20.9 Å². The maximum atomic E-state index is 13.5. The number of hydrogen-bond acceptors (Lipinski definition) is 6. The molecule has 4 aromatic rings. The summed E-state index contributed by atoms with van der Waals surface area (Å²) in [6, 6.07) is 5.51. The van der Waals surface area contributed by atoms with Gasteiger partial charge in [-0.1, -0.05) is 23.7 Å². The second-order valence-electron chi connectivity index (χ2n) is 7.39. The van der Waals surface area contributed by atoms with Crippen LogP contribution in [0.2, 0.25) is 5.02 Å². The van der Waals surface area contributed by atoms with Crippen LogP contribution in [0.15, 0.2) is 33.8 Å². The summed E-state index contributed by atoms with van der Waals surface area (Å²) >= 11 is 6.23. The van der Waals surface area contributed by atoms with Crippen LogP contribution in [0.1, 0.15) is 44.5 Å². The van der Waals surface area contributed by atoms with Crippen molar-refractivity contribution >= 4 is 28.2 Å². The molecule has 1 fully saturated rings. The fourth-order valence-corrected chi connectivity index (χ4v) is 4.03. The number of ether oxygens (including phenoxy) is 1. The second kappa shape index (κ2) is 6.96. The van der Waals surface area contributed by atoms with Crippen LogP contribution in [0.3, 0.4) is 0 Å². The van der Waals surface area contributed by atoms with E-state index >= 15 is 0 Å². The van der Waals surface area contributed by atoms with Gasteiger partial charge >= 0.3 is 0 Å². The van der Waals surface area contributed by atoms with Crippen LogP contribution < -0.4 is 5.56 Å². The van der Waals surface area contributed by atoms with Crippen LogP contribution in [0.5, 0.6) is 0 Å². The molecule has 2 unspecified atom stereocenters. The standard InChI is InChI=1S/C20H20ClN5O3/c1-3-11(2)26-15-8-13(21)4-5-14(15)25-10-22-16(17(25)20(26)27)18-23-19(29-24-18)12-6-7-28-9-12/h4-5,8,10-12H,3,6-7,9H2,1-2H3. The van der Waals surface area contributed by atoms with Crippen LogP contribution in [-0.2, 0) is 4.74 Å². The first-order chi connectivity index (χ1) is 14.1. The van der Waals surface area contributed by atoms with Crippen molar-refractivity contribution in [2.75, 3.05) is 13.2 Å². The molecule has 9 heteroatoms. The van der Waals surface area contributed by atoms with Crippen molar-refractivity contribution in [2.24, 2.45) is 0 Å². The highest BCUT2D eigenvalue weighted by molar-refractivity contribution is 6.31. The van der Waals surface area contributed by atoms with E-state index in [-0.39, 0.29) is 17.5 Å². The maximum Gasteiger partial charge on any atom is 0.278 e. The van der Waals surface area contributed by atoms with Crippen molar-refractivity contribution in [3.63, 3.8) is 0 Å². The third-order valence-corrected chi connectivity index (χ3v) is 5.84. The van der Waals surface area contributed by atoms with Gasteiger partial charge in [0, 0.05) is 17.7 Å². The minimum absolute atomic E-state index is 0.00677. The lowest BCUT2D eigenvalue weighted by atomic mass is 10.1. The molecule has 0 radical (unpaired) electrons. The van der Waals surface area contributed by atoms with Crippen LogP contribution in [0.4, 0.5) is 0 Å². The zero-order chi connectivity index (χ0) is 20.1. The first-order valence-corrected chi connectivity index (χ1v) is 10.1. The van der Waals surface area contributed by atoms with Gasteiger partial charge < -0.3 is 13.8 Å². The molecule has 0 aliphatic carbocycles. The number of aromatic nitrogens is 5. The van der Waals surface area contributed by atoms with Crippen molar-refractivity contribution in [3.8, 4) is 11.5 Å².